The fraction of sp³-hybridized carbons (Fsp3) is 0.529. The van der Waals surface area contributed by atoms with Crippen LogP contribution in [0.25, 0.3) is 6.08 Å². The first-order chi connectivity index (χ1) is 10.7. The van der Waals surface area contributed by atoms with Gasteiger partial charge in [0.25, 0.3) is 0 Å². The summed E-state index contributed by atoms with van der Waals surface area (Å²) in [5, 5.41) is 1.19. The molecule has 1 heterocycles. The van der Waals surface area contributed by atoms with Gasteiger partial charge in [-0.1, -0.05) is 36.9 Å². The van der Waals surface area contributed by atoms with Crippen molar-refractivity contribution in [2.45, 2.75) is 13.8 Å². The molecule has 1 aromatic carbocycles. The highest BCUT2D eigenvalue weighted by Gasteiger charge is 2.41. The Bertz CT molecular complexity index is 451. The zero-order chi connectivity index (χ0) is 15.8. The predicted molar refractivity (Wildman–Crippen MR) is 92.4 cm³/mol. The van der Waals surface area contributed by atoms with Crippen LogP contribution < -0.4 is 5.19 Å². The van der Waals surface area contributed by atoms with Crippen molar-refractivity contribution in [1.29, 1.82) is 0 Å². The van der Waals surface area contributed by atoms with Crippen molar-refractivity contribution in [2.24, 2.45) is 0 Å². The molecule has 1 aromatic rings. The van der Waals surface area contributed by atoms with Crippen LogP contribution in [0, 0.1) is 0 Å². The highest BCUT2D eigenvalue weighted by Crippen LogP contribution is 2.14. The van der Waals surface area contributed by atoms with Crippen LogP contribution in [0.4, 0.5) is 0 Å². The Balaban J connectivity index is 2.26. The van der Waals surface area contributed by atoms with Crippen LogP contribution in [0.15, 0.2) is 30.8 Å². The summed E-state index contributed by atoms with van der Waals surface area (Å²) in [7, 11) is -2.46. The van der Waals surface area contributed by atoms with Gasteiger partial charge in [-0.05, 0) is 24.6 Å². The third kappa shape index (κ3) is 4.27. The van der Waals surface area contributed by atoms with Gasteiger partial charge in [-0.2, -0.15) is 0 Å². The molecule has 0 amide bonds. The van der Waals surface area contributed by atoms with E-state index in [1.165, 1.54) is 5.19 Å². The van der Waals surface area contributed by atoms with E-state index in [0.717, 1.165) is 38.0 Å². The summed E-state index contributed by atoms with van der Waals surface area (Å²) in [6, 6.07) is 8.44. The minimum Gasteiger partial charge on any atom is -0.391 e. The molecule has 1 fully saturated rings. The Morgan fingerprint density at radius 1 is 1.14 bits per heavy atom. The summed E-state index contributed by atoms with van der Waals surface area (Å²) in [6.45, 7) is 12.7. The monoisotopic (exact) mass is 321 g/mol. The number of hydrogen-bond donors (Lipinski definition) is 0. The van der Waals surface area contributed by atoms with Crippen LogP contribution in [0.3, 0.4) is 0 Å². The topological polar surface area (TPSA) is 30.9 Å². The molecule has 0 saturated carbocycles. The van der Waals surface area contributed by atoms with Gasteiger partial charge < -0.3 is 13.6 Å². The lowest BCUT2D eigenvalue weighted by molar-refractivity contribution is 0.0389. The van der Waals surface area contributed by atoms with Gasteiger partial charge in [0.1, 0.15) is 0 Å². The highest BCUT2D eigenvalue weighted by molar-refractivity contribution is 6.81. The van der Waals surface area contributed by atoms with Crippen molar-refractivity contribution >= 4 is 19.8 Å². The highest BCUT2D eigenvalue weighted by atomic mass is 28.4. The molecule has 0 unspecified atom stereocenters. The molecule has 2 rings (SSSR count). The Morgan fingerprint density at radius 2 is 1.73 bits per heavy atom. The first-order valence-electron chi connectivity index (χ1n) is 8.05. The van der Waals surface area contributed by atoms with Gasteiger partial charge in [-0.15, -0.1) is 0 Å². The summed E-state index contributed by atoms with van der Waals surface area (Å²) in [6.07, 6.45) is 2.71. The zero-order valence-corrected chi connectivity index (χ0v) is 14.7. The molecular weight excluding hydrogens is 294 g/mol. The second-order valence-electron chi connectivity index (χ2n) is 5.33. The minimum absolute atomic E-state index is 0.666. The smallest absolute Gasteiger partial charge is 0.387 e. The number of hydrogen-bond acceptors (Lipinski definition) is 4. The lowest BCUT2D eigenvalue weighted by Gasteiger charge is -2.36. The summed E-state index contributed by atoms with van der Waals surface area (Å²) in [5.41, 5.74) is 1.12. The average Bonchev–Trinajstić information content (AvgIpc) is 2.56. The zero-order valence-electron chi connectivity index (χ0n) is 13.7. The van der Waals surface area contributed by atoms with Crippen LogP contribution in [0.2, 0.25) is 0 Å². The molecule has 0 aliphatic carbocycles. The largest absolute Gasteiger partial charge is 0.391 e. The van der Waals surface area contributed by atoms with Gasteiger partial charge in [-0.25, -0.2) is 0 Å². The summed E-state index contributed by atoms with van der Waals surface area (Å²) >= 11 is 0. The van der Waals surface area contributed by atoms with E-state index in [0.29, 0.717) is 13.2 Å². The quantitative estimate of drug-likeness (QED) is 0.685. The maximum atomic E-state index is 6.24. The SMILES string of the molecule is C=Cc1ccc([Si](CN2CCOCC2)(OCC)OCC)cc1. The van der Waals surface area contributed by atoms with Crippen LogP contribution >= 0.6 is 0 Å². The summed E-state index contributed by atoms with van der Waals surface area (Å²) in [4.78, 5) is 2.41. The fourth-order valence-electron chi connectivity index (χ4n) is 2.78. The van der Waals surface area contributed by atoms with Crippen molar-refractivity contribution in [3.8, 4) is 0 Å². The summed E-state index contributed by atoms with van der Waals surface area (Å²) in [5.74, 6) is 0. The van der Waals surface area contributed by atoms with E-state index in [2.05, 4.69) is 35.7 Å². The first-order valence-corrected chi connectivity index (χ1v) is 10.1. The van der Waals surface area contributed by atoms with Gasteiger partial charge in [0.2, 0.25) is 0 Å². The van der Waals surface area contributed by atoms with E-state index >= 15 is 0 Å². The molecule has 4 nitrogen and oxygen atoms in total. The van der Waals surface area contributed by atoms with Crippen molar-refractivity contribution in [1.82, 2.24) is 4.90 Å². The molecule has 0 aromatic heterocycles. The molecule has 1 aliphatic rings. The molecule has 122 valence electrons. The first kappa shape index (κ1) is 17.4. The Hall–Kier alpha value is -0.983. The van der Waals surface area contributed by atoms with Crippen LogP contribution in [-0.2, 0) is 13.6 Å². The molecular formula is C17H27NO3Si. The lowest BCUT2D eigenvalue weighted by atomic mass is 10.2. The van der Waals surface area contributed by atoms with Crippen LogP contribution in [-0.4, -0.2) is 59.1 Å². The van der Waals surface area contributed by atoms with Crippen molar-refractivity contribution in [3.05, 3.63) is 36.4 Å². The Morgan fingerprint density at radius 3 is 2.23 bits per heavy atom. The average molecular weight is 321 g/mol. The second-order valence-corrected chi connectivity index (χ2v) is 8.31. The molecule has 0 atom stereocenters. The van der Waals surface area contributed by atoms with E-state index in [4.69, 9.17) is 13.6 Å². The van der Waals surface area contributed by atoms with Gasteiger partial charge >= 0.3 is 8.56 Å². The number of benzene rings is 1. The summed E-state index contributed by atoms with van der Waals surface area (Å²) < 4.78 is 17.9. The van der Waals surface area contributed by atoms with Gasteiger partial charge in [0.15, 0.2) is 0 Å². The lowest BCUT2D eigenvalue weighted by Crippen LogP contribution is -2.62. The van der Waals surface area contributed by atoms with Gasteiger partial charge in [0, 0.05) is 32.5 Å². The van der Waals surface area contributed by atoms with E-state index < -0.39 is 8.56 Å². The maximum Gasteiger partial charge on any atom is 0.387 e. The minimum atomic E-state index is -2.46. The van der Waals surface area contributed by atoms with Crippen LogP contribution in [0.1, 0.15) is 19.4 Å². The molecule has 0 N–H and O–H groups in total. The number of nitrogens with zero attached hydrogens (tertiary/aromatic N) is 1. The predicted octanol–water partition coefficient (Wildman–Crippen LogP) is 1.92. The number of ether oxygens (including phenoxy) is 1. The van der Waals surface area contributed by atoms with E-state index in [-0.39, 0.29) is 0 Å². The molecule has 0 radical (unpaired) electrons. The normalized spacial score (nSPS) is 16.6. The van der Waals surface area contributed by atoms with E-state index in [1.807, 2.05) is 19.9 Å². The van der Waals surface area contributed by atoms with Gasteiger partial charge in [-0.3, -0.25) is 4.90 Å². The van der Waals surface area contributed by atoms with Crippen LogP contribution in [0.5, 0.6) is 0 Å². The third-order valence-electron chi connectivity index (χ3n) is 3.88. The molecule has 1 saturated heterocycles. The molecule has 5 heteroatoms. The number of rotatable bonds is 8. The van der Waals surface area contributed by atoms with Crippen molar-refractivity contribution in [2.75, 3.05) is 45.7 Å². The maximum absolute atomic E-state index is 6.24. The second kappa shape index (κ2) is 8.60. The molecule has 0 bridgehead atoms. The standard InChI is InChI=1S/C17H27NO3Si/c1-4-16-7-9-17(10-8-16)22(20-5-2,21-6-3)15-18-11-13-19-14-12-18/h4,7-10H,1,5-6,11-15H2,2-3H3. The van der Waals surface area contributed by atoms with Crippen molar-refractivity contribution in [3.63, 3.8) is 0 Å². The number of morpholine rings is 1. The van der Waals surface area contributed by atoms with E-state index in [9.17, 15) is 0 Å². The fourth-order valence-corrected chi connectivity index (χ4v) is 6.08. The van der Waals surface area contributed by atoms with Crippen molar-refractivity contribution < 1.29 is 13.6 Å². The molecule has 22 heavy (non-hydrogen) atoms. The Kier molecular flexibility index (Phi) is 6.79. The Labute approximate surface area is 134 Å². The van der Waals surface area contributed by atoms with Gasteiger partial charge in [0.05, 0.1) is 13.2 Å². The molecule has 0 spiro atoms. The van der Waals surface area contributed by atoms with E-state index in [1.54, 1.807) is 0 Å². The molecule has 1 aliphatic heterocycles. The third-order valence-corrected chi connectivity index (χ3v) is 7.46.